The molecule has 0 atom stereocenters. The number of halogens is 2. The minimum Gasteiger partial charge on any atom is -0.437 e. The Hall–Kier alpha value is -1.65. The number of aromatic nitrogens is 1. The first-order valence-corrected chi connectivity index (χ1v) is 6.21. The molecule has 0 aliphatic rings. The standard InChI is InChI=1S/C14H14ClFN2O/c1-9-3-4-12(15)13(5-9)19-14-10(7-17-2)6-11(16)8-18-14/h3-6,8,17H,7H2,1-2H3. The second kappa shape index (κ2) is 5.99. The van der Waals surface area contributed by atoms with Gasteiger partial charge in [0, 0.05) is 12.1 Å². The van der Waals surface area contributed by atoms with Crippen LogP contribution in [0.15, 0.2) is 30.5 Å². The van der Waals surface area contributed by atoms with Gasteiger partial charge in [-0.05, 0) is 37.7 Å². The summed E-state index contributed by atoms with van der Waals surface area (Å²) < 4.78 is 18.9. The lowest BCUT2D eigenvalue weighted by Crippen LogP contribution is -2.08. The van der Waals surface area contributed by atoms with Crippen LogP contribution in [0.2, 0.25) is 5.02 Å². The number of ether oxygens (including phenoxy) is 1. The summed E-state index contributed by atoms with van der Waals surface area (Å²) in [5, 5.41) is 3.44. The molecule has 0 aliphatic heterocycles. The van der Waals surface area contributed by atoms with Crippen molar-refractivity contribution in [2.75, 3.05) is 7.05 Å². The van der Waals surface area contributed by atoms with Gasteiger partial charge in [-0.25, -0.2) is 9.37 Å². The van der Waals surface area contributed by atoms with E-state index in [1.54, 1.807) is 13.1 Å². The van der Waals surface area contributed by atoms with Crippen molar-refractivity contribution in [3.05, 3.63) is 52.4 Å². The third-order valence-electron chi connectivity index (χ3n) is 2.55. The van der Waals surface area contributed by atoms with E-state index in [9.17, 15) is 4.39 Å². The van der Waals surface area contributed by atoms with Crippen LogP contribution in [0, 0.1) is 12.7 Å². The SMILES string of the molecule is CNCc1cc(F)cnc1Oc1cc(C)ccc1Cl. The molecule has 3 nitrogen and oxygen atoms in total. The number of benzene rings is 1. The zero-order valence-corrected chi connectivity index (χ0v) is 11.5. The Bertz CT molecular complexity index is 590. The van der Waals surface area contributed by atoms with Crippen LogP contribution in [0.3, 0.4) is 0 Å². The van der Waals surface area contributed by atoms with Gasteiger partial charge in [-0.15, -0.1) is 0 Å². The van der Waals surface area contributed by atoms with Crippen molar-refractivity contribution < 1.29 is 9.13 Å². The minimum atomic E-state index is -0.395. The number of nitrogens with one attached hydrogen (secondary N) is 1. The van der Waals surface area contributed by atoms with Crippen LogP contribution in [0.25, 0.3) is 0 Å². The topological polar surface area (TPSA) is 34.2 Å². The molecule has 1 N–H and O–H groups in total. The molecular formula is C14H14ClFN2O. The molecular weight excluding hydrogens is 267 g/mol. The molecule has 0 saturated heterocycles. The van der Waals surface area contributed by atoms with E-state index >= 15 is 0 Å². The third kappa shape index (κ3) is 3.43. The monoisotopic (exact) mass is 280 g/mol. The summed E-state index contributed by atoms with van der Waals surface area (Å²) in [4.78, 5) is 3.97. The van der Waals surface area contributed by atoms with Crippen LogP contribution in [-0.4, -0.2) is 12.0 Å². The van der Waals surface area contributed by atoms with E-state index in [2.05, 4.69) is 10.3 Å². The van der Waals surface area contributed by atoms with Gasteiger partial charge < -0.3 is 10.1 Å². The number of rotatable bonds is 4. The molecule has 0 bridgehead atoms. The van der Waals surface area contributed by atoms with Crippen LogP contribution in [0.1, 0.15) is 11.1 Å². The molecule has 5 heteroatoms. The van der Waals surface area contributed by atoms with E-state index in [-0.39, 0.29) is 0 Å². The Morgan fingerprint density at radius 1 is 1.37 bits per heavy atom. The summed E-state index contributed by atoms with van der Waals surface area (Å²) in [5.74, 6) is 0.467. The van der Waals surface area contributed by atoms with Gasteiger partial charge in [0.25, 0.3) is 0 Å². The molecule has 2 aromatic rings. The smallest absolute Gasteiger partial charge is 0.223 e. The zero-order chi connectivity index (χ0) is 13.8. The molecule has 19 heavy (non-hydrogen) atoms. The van der Waals surface area contributed by atoms with Gasteiger partial charge in [0.2, 0.25) is 5.88 Å². The molecule has 1 aromatic heterocycles. The van der Waals surface area contributed by atoms with Crippen molar-refractivity contribution in [1.29, 1.82) is 0 Å². The number of pyridine rings is 1. The Balaban J connectivity index is 2.34. The fourth-order valence-corrected chi connectivity index (χ4v) is 1.83. The first kappa shape index (κ1) is 13.8. The number of hydrogen-bond donors (Lipinski definition) is 1. The van der Waals surface area contributed by atoms with Gasteiger partial charge in [-0.1, -0.05) is 17.7 Å². The van der Waals surface area contributed by atoms with E-state index in [0.29, 0.717) is 28.8 Å². The van der Waals surface area contributed by atoms with Gasteiger partial charge in [-0.2, -0.15) is 0 Å². The highest BCUT2D eigenvalue weighted by Gasteiger charge is 2.10. The average Bonchev–Trinajstić information content (AvgIpc) is 2.37. The first-order valence-electron chi connectivity index (χ1n) is 5.83. The van der Waals surface area contributed by atoms with Gasteiger partial charge in [0.1, 0.15) is 11.6 Å². The minimum absolute atomic E-state index is 0.350. The Morgan fingerprint density at radius 3 is 2.89 bits per heavy atom. The van der Waals surface area contributed by atoms with Crippen molar-refractivity contribution in [2.24, 2.45) is 0 Å². The molecule has 1 heterocycles. The molecule has 0 spiro atoms. The maximum absolute atomic E-state index is 13.2. The number of nitrogens with zero attached hydrogens (tertiary/aromatic N) is 1. The largest absolute Gasteiger partial charge is 0.437 e. The molecule has 0 fully saturated rings. The van der Waals surface area contributed by atoms with Crippen LogP contribution in [0.5, 0.6) is 11.6 Å². The van der Waals surface area contributed by atoms with Crippen molar-refractivity contribution in [3.8, 4) is 11.6 Å². The molecule has 100 valence electrons. The lowest BCUT2D eigenvalue weighted by Gasteiger charge is -2.11. The van der Waals surface area contributed by atoms with Crippen LogP contribution in [-0.2, 0) is 6.54 Å². The maximum atomic E-state index is 13.2. The number of aryl methyl sites for hydroxylation is 1. The second-order valence-electron chi connectivity index (χ2n) is 4.18. The van der Waals surface area contributed by atoms with Crippen molar-refractivity contribution >= 4 is 11.6 Å². The Kier molecular flexibility index (Phi) is 4.35. The van der Waals surface area contributed by atoms with Crippen molar-refractivity contribution in [3.63, 3.8) is 0 Å². The van der Waals surface area contributed by atoms with Gasteiger partial charge in [0.15, 0.2) is 0 Å². The van der Waals surface area contributed by atoms with Crippen LogP contribution >= 0.6 is 11.6 Å². The summed E-state index contributed by atoms with van der Waals surface area (Å²) in [7, 11) is 1.77. The normalized spacial score (nSPS) is 10.5. The highest BCUT2D eigenvalue weighted by molar-refractivity contribution is 6.32. The van der Waals surface area contributed by atoms with Crippen LogP contribution in [0.4, 0.5) is 4.39 Å². The van der Waals surface area contributed by atoms with Gasteiger partial charge >= 0.3 is 0 Å². The Labute approximate surface area is 116 Å². The highest BCUT2D eigenvalue weighted by Crippen LogP contribution is 2.30. The van der Waals surface area contributed by atoms with E-state index in [0.717, 1.165) is 11.8 Å². The van der Waals surface area contributed by atoms with Gasteiger partial charge in [0.05, 0.1) is 11.2 Å². The molecule has 0 aliphatic carbocycles. The quantitative estimate of drug-likeness (QED) is 0.927. The summed E-state index contributed by atoms with van der Waals surface area (Å²) in [5.41, 5.74) is 1.66. The summed E-state index contributed by atoms with van der Waals surface area (Å²) in [6.45, 7) is 2.40. The van der Waals surface area contributed by atoms with Crippen molar-refractivity contribution in [1.82, 2.24) is 10.3 Å². The summed E-state index contributed by atoms with van der Waals surface area (Å²) >= 11 is 6.06. The predicted octanol–water partition coefficient (Wildman–Crippen LogP) is 3.69. The zero-order valence-electron chi connectivity index (χ0n) is 10.7. The lowest BCUT2D eigenvalue weighted by molar-refractivity contribution is 0.450. The van der Waals surface area contributed by atoms with E-state index < -0.39 is 5.82 Å². The third-order valence-corrected chi connectivity index (χ3v) is 2.86. The molecule has 0 radical (unpaired) electrons. The van der Waals surface area contributed by atoms with E-state index in [4.69, 9.17) is 16.3 Å². The lowest BCUT2D eigenvalue weighted by atomic mass is 10.2. The predicted molar refractivity (Wildman–Crippen MR) is 73.2 cm³/mol. The fourth-order valence-electron chi connectivity index (χ4n) is 1.67. The fraction of sp³-hybridized carbons (Fsp3) is 0.214. The van der Waals surface area contributed by atoms with Crippen molar-refractivity contribution in [2.45, 2.75) is 13.5 Å². The second-order valence-corrected chi connectivity index (χ2v) is 4.59. The molecule has 0 amide bonds. The maximum Gasteiger partial charge on any atom is 0.223 e. The molecule has 0 saturated carbocycles. The van der Waals surface area contributed by atoms with E-state index in [1.807, 2.05) is 19.1 Å². The Morgan fingerprint density at radius 2 is 2.16 bits per heavy atom. The highest BCUT2D eigenvalue weighted by atomic mass is 35.5. The average molecular weight is 281 g/mol. The number of hydrogen-bond acceptors (Lipinski definition) is 3. The molecule has 0 unspecified atom stereocenters. The van der Waals surface area contributed by atoms with Crippen LogP contribution < -0.4 is 10.1 Å². The van der Waals surface area contributed by atoms with E-state index in [1.165, 1.54) is 6.07 Å². The summed E-state index contributed by atoms with van der Waals surface area (Å²) in [6, 6.07) is 6.86. The molecule has 2 rings (SSSR count). The molecule has 1 aromatic carbocycles. The first-order chi connectivity index (χ1) is 9.10. The van der Waals surface area contributed by atoms with Gasteiger partial charge in [-0.3, -0.25) is 0 Å². The summed E-state index contributed by atoms with van der Waals surface area (Å²) in [6.07, 6.45) is 1.12.